The van der Waals surface area contributed by atoms with Gasteiger partial charge in [0.1, 0.15) is 11.5 Å². The maximum atomic E-state index is 11.6. The van der Waals surface area contributed by atoms with Gasteiger partial charge in [-0.05, 0) is 43.4 Å². The number of aliphatic carboxylic acids is 1. The van der Waals surface area contributed by atoms with Crippen LogP contribution in [0.4, 0.5) is 0 Å². The van der Waals surface area contributed by atoms with Gasteiger partial charge in [0.2, 0.25) is 10.0 Å². The molecule has 0 bridgehead atoms. The Hall–Kier alpha value is -2.63. The summed E-state index contributed by atoms with van der Waals surface area (Å²) < 4.78 is 35.9. The number of sulfonamides is 1. The van der Waals surface area contributed by atoms with Crippen molar-refractivity contribution in [2.75, 3.05) is 32.6 Å². The molecule has 1 aromatic carbocycles. The SMILES string of the molecule is Cc1c(-c2cccc(OCC3CCN(S(C)(=O)=O)CC3)c2)sc(C(=O)O)c1OCC(=O)O. The van der Waals surface area contributed by atoms with E-state index in [1.54, 1.807) is 25.1 Å². The first-order chi connectivity index (χ1) is 15.1. The molecule has 2 heterocycles. The van der Waals surface area contributed by atoms with Gasteiger partial charge in [-0.2, -0.15) is 0 Å². The minimum atomic E-state index is -3.16. The lowest BCUT2D eigenvalue weighted by Gasteiger charge is -2.30. The van der Waals surface area contributed by atoms with Crippen molar-refractivity contribution in [3.05, 3.63) is 34.7 Å². The third kappa shape index (κ3) is 5.78. The number of carboxylic acid groups (broad SMARTS) is 2. The Morgan fingerprint density at radius 1 is 1.19 bits per heavy atom. The lowest BCUT2D eigenvalue weighted by Crippen LogP contribution is -2.39. The minimum absolute atomic E-state index is 0.0530. The van der Waals surface area contributed by atoms with Crippen LogP contribution in [0, 0.1) is 12.8 Å². The van der Waals surface area contributed by atoms with E-state index >= 15 is 0 Å². The van der Waals surface area contributed by atoms with Crippen LogP contribution in [0.2, 0.25) is 0 Å². The number of nitrogens with zero attached hydrogens (tertiary/aromatic N) is 1. The average molecular weight is 484 g/mol. The molecule has 0 spiro atoms. The summed E-state index contributed by atoms with van der Waals surface area (Å²) in [6.45, 7) is 2.49. The Kier molecular flexibility index (Phi) is 7.42. The Bertz CT molecular complexity index is 1100. The first kappa shape index (κ1) is 24.0. The van der Waals surface area contributed by atoms with E-state index in [0.29, 0.717) is 35.9 Å². The number of carboxylic acids is 2. The number of hydrogen-bond acceptors (Lipinski definition) is 7. The minimum Gasteiger partial charge on any atom is -0.493 e. The number of benzene rings is 1. The van der Waals surface area contributed by atoms with Crippen LogP contribution in [0.3, 0.4) is 0 Å². The molecule has 11 heteroatoms. The molecule has 2 aromatic rings. The van der Waals surface area contributed by atoms with Gasteiger partial charge in [0.05, 0.1) is 12.9 Å². The number of thiophene rings is 1. The molecule has 0 atom stereocenters. The molecular formula is C21H25NO8S2. The molecule has 9 nitrogen and oxygen atoms in total. The maximum absolute atomic E-state index is 11.6. The number of rotatable bonds is 9. The number of piperidine rings is 1. The molecule has 1 fully saturated rings. The van der Waals surface area contributed by atoms with E-state index in [9.17, 15) is 23.1 Å². The molecule has 174 valence electrons. The highest BCUT2D eigenvalue weighted by Crippen LogP contribution is 2.42. The topological polar surface area (TPSA) is 130 Å². The molecule has 32 heavy (non-hydrogen) atoms. The number of carbonyl (C=O) groups is 2. The van der Waals surface area contributed by atoms with Crippen LogP contribution >= 0.6 is 11.3 Å². The first-order valence-electron chi connectivity index (χ1n) is 9.96. The van der Waals surface area contributed by atoms with Gasteiger partial charge in [0.15, 0.2) is 11.5 Å². The average Bonchev–Trinajstić information content (AvgIpc) is 3.07. The highest BCUT2D eigenvalue weighted by molar-refractivity contribution is 7.88. The second-order valence-electron chi connectivity index (χ2n) is 7.65. The quantitative estimate of drug-likeness (QED) is 0.557. The van der Waals surface area contributed by atoms with Crippen molar-refractivity contribution in [2.24, 2.45) is 5.92 Å². The van der Waals surface area contributed by atoms with Crippen LogP contribution in [-0.4, -0.2) is 67.4 Å². The molecule has 1 aromatic heterocycles. The first-order valence-corrected chi connectivity index (χ1v) is 12.6. The highest BCUT2D eigenvalue weighted by Gasteiger charge is 2.26. The van der Waals surface area contributed by atoms with Gasteiger partial charge in [-0.15, -0.1) is 11.3 Å². The van der Waals surface area contributed by atoms with Crippen LogP contribution in [0.5, 0.6) is 11.5 Å². The van der Waals surface area contributed by atoms with Crippen molar-refractivity contribution >= 4 is 33.3 Å². The summed E-state index contributed by atoms with van der Waals surface area (Å²) in [7, 11) is -3.16. The molecule has 1 aliphatic heterocycles. The fourth-order valence-electron chi connectivity index (χ4n) is 3.57. The number of hydrogen-bond donors (Lipinski definition) is 2. The number of ether oxygens (including phenoxy) is 2. The molecule has 0 unspecified atom stereocenters. The third-order valence-corrected chi connectivity index (χ3v) is 7.86. The van der Waals surface area contributed by atoms with Crippen LogP contribution < -0.4 is 9.47 Å². The van der Waals surface area contributed by atoms with Gasteiger partial charge in [0.25, 0.3) is 0 Å². The second-order valence-corrected chi connectivity index (χ2v) is 10.6. The molecule has 2 N–H and O–H groups in total. The van der Waals surface area contributed by atoms with Gasteiger partial charge in [-0.1, -0.05) is 12.1 Å². The van der Waals surface area contributed by atoms with Crippen molar-refractivity contribution in [1.29, 1.82) is 0 Å². The summed E-state index contributed by atoms with van der Waals surface area (Å²) in [6, 6.07) is 7.23. The maximum Gasteiger partial charge on any atom is 0.349 e. The summed E-state index contributed by atoms with van der Waals surface area (Å²) >= 11 is 1.02. The normalized spacial score (nSPS) is 15.4. The molecule has 0 saturated carbocycles. The smallest absolute Gasteiger partial charge is 0.349 e. The van der Waals surface area contributed by atoms with Crippen molar-refractivity contribution in [1.82, 2.24) is 4.31 Å². The molecule has 1 saturated heterocycles. The fraction of sp³-hybridized carbons (Fsp3) is 0.429. The Labute approximate surface area is 190 Å². The summed E-state index contributed by atoms with van der Waals surface area (Å²) in [5, 5.41) is 18.3. The Morgan fingerprint density at radius 3 is 2.47 bits per heavy atom. The zero-order chi connectivity index (χ0) is 23.5. The van der Waals surface area contributed by atoms with E-state index in [2.05, 4.69) is 0 Å². The lowest BCUT2D eigenvalue weighted by atomic mass is 9.99. The van der Waals surface area contributed by atoms with Gasteiger partial charge in [0, 0.05) is 23.5 Å². The second kappa shape index (κ2) is 9.88. The zero-order valence-electron chi connectivity index (χ0n) is 17.7. The molecule has 1 aliphatic rings. The van der Waals surface area contributed by atoms with E-state index in [4.69, 9.17) is 14.6 Å². The van der Waals surface area contributed by atoms with Gasteiger partial charge < -0.3 is 19.7 Å². The predicted octanol–water partition coefficient (Wildman–Crippen LogP) is 2.94. The molecule has 0 radical (unpaired) electrons. The summed E-state index contributed by atoms with van der Waals surface area (Å²) in [4.78, 5) is 23.1. The van der Waals surface area contributed by atoms with Crippen molar-refractivity contribution in [3.63, 3.8) is 0 Å². The Morgan fingerprint density at radius 2 is 1.88 bits per heavy atom. The lowest BCUT2D eigenvalue weighted by molar-refractivity contribution is -0.139. The third-order valence-electron chi connectivity index (χ3n) is 5.25. The van der Waals surface area contributed by atoms with Crippen molar-refractivity contribution in [2.45, 2.75) is 19.8 Å². The van der Waals surface area contributed by atoms with Gasteiger partial charge in [-0.3, -0.25) is 0 Å². The Balaban J connectivity index is 1.72. The van der Waals surface area contributed by atoms with E-state index < -0.39 is 28.6 Å². The van der Waals surface area contributed by atoms with E-state index in [1.807, 2.05) is 6.07 Å². The van der Waals surface area contributed by atoms with Gasteiger partial charge >= 0.3 is 11.9 Å². The van der Waals surface area contributed by atoms with Crippen LogP contribution in [0.25, 0.3) is 10.4 Å². The van der Waals surface area contributed by atoms with Crippen LogP contribution in [0.1, 0.15) is 28.1 Å². The van der Waals surface area contributed by atoms with E-state index in [0.717, 1.165) is 29.7 Å². The molecule has 0 amide bonds. The van der Waals surface area contributed by atoms with Crippen LogP contribution in [-0.2, 0) is 14.8 Å². The summed E-state index contributed by atoms with van der Waals surface area (Å²) in [6.07, 6.45) is 2.67. The molecule has 0 aliphatic carbocycles. The largest absolute Gasteiger partial charge is 0.493 e. The monoisotopic (exact) mass is 483 g/mol. The van der Waals surface area contributed by atoms with E-state index in [1.165, 1.54) is 10.6 Å². The van der Waals surface area contributed by atoms with E-state index in [-0.39, 0.29) is 16.5 Å². The highest BCUT2D eigenvalue weighted by atomic mass is 32.2. The zero-order valence-corrected chi connectivity index (χ0v) is 19.4. The fourth-order valence-corrected chi connectivity index (χ4v) is 5.53. The number of aromatic carboxylic acids is 1. The van der Waals surface area contributed by atoms with Gasteiger partial charge in [-0.25, -0.2) is 22.3 Å². The van der Waals surface area contributed by atoms with Crippen LogP contribution in [0.15, 0.2) is 24.3 Å². The van der Waals surface area contributed by atoms with Crippen molar-refractivity contribution < 1.29 is 37.7 Å². The standard InChI is InChI=1S/C21H25NO8S2/c1-13-18(30-12-17(23)24)20(21(25)26)31-19(13)15-4-3-5-16(10-15)29-11-14-6-8-22(9-7-14)32(2,27)28/h3-5,10,14H,6-9,11-12H2,1-2H3,(H,23,24)(H,25,26). The van der Waals surface area contributed by atoms with Crippen molar-refractivity contribution in [3.8, 4) is 21.9 Å². The molecule has 3 rings (SSSR count). The predicted molar refractivity (Wildman–Crippen MR) is 119 cm³/mol. The summed E-state index contributed by atoms with van der Waals surface area (Å²) in [5.41, 5.74) is 1.29. The molecular weight excluding hydrogens is 458 g/mol. The summed E-state index contributed by atoms with van der Waals surface area (Å²) in [5.74, 6) is -1.45.